The highest BCUT2D eigenvalue weighted by molar-refractivity contribution is 7.92. The zero-order valence-electron chi connectivity index (χ0n) is 21.1. The summed E-state index contributed by atoms with van der Waals surface area (Å²) >= 11 is 0. The quantitative estimate of drug-likeness (QED) is 0.275. The Morgan fingerprint density at radius 2 is 1.76 bits per heavy atom. The topological polar surface area (TPSA) is 119 Å². The van der Waals surface area contributed by atoms with E-state index in [9.17, 15) is 23.3 Å². The molecule has 0 bridgehead atoms. The largest absolute Gasteiger partial charge is 0.497 e. The molecular formula is C27H31N3O6S. The lowest BCUT2D eigenvalue weighted by molar-refractivity contribution is -0.385. The van der Waals surface area contributed by atoms with Crippen LogP contribution < -0.4 is 14.4 Å². The van der Waals surface area contributed by atoms with Gasteiger partial charge in [0.1, 0.15) is 12.3 Å². The van der Waals surface area contributed by atoms with Gasteiger partial charge in [-0.15, -0.1) is 0 Å². The molecule has 0 saturated heterocycles. The first-order chi connectivity index (χ1) is 17.6. The molecule has 0 aliphatic rings. The molecule has 0 fully saturated rings. The predicted octanol–water partition coefficient (Wildman–Crippen LogP) is 4.49. The van der Waals surface area contributed by atoms with Crippen LogP contribution in [0.4, 0.5) is 11.4 Å². The molecule has 0 spiro atoms. The minimum atomic E-state index is -4.31. The van der Waals surface area contributed by atoms with Crippen molar-refractivity contribution in [1.29, 1.82) is 0 Å². The Labute approximate surface area is 217 Å². The van der Waals surface area contributed by atoms with E-state index in [-0.39, 0.29) is 22.2 Å². The van der Waals surface area contributed by atoms with Crippen molar-refractivity contribution in [3.05, 3.63) is 94.0 Å². The molecular weight excluding hydrogens is 494 g/mol. The van der Waals surface area contributed by atoms with Crippen LogP contribution in [-0.4, -0.2) is 39.4 Å². The summed E-state index contributed by atoms with van der Waals surface area (Å²) in [5.41, 5.74) is 1.41. The zero-order valence-corrected chi connectivity index (χ0v) is 21.9. The van der Waals surface area contributed by atoms with Crippen molar-refractivity contribution >= 4 is 27.3 Å². The van der Waals surface area contributed by atoms with Crippen LogP contribution in [0, 0.1) is 23.0 Å². The maximum atomic E-state index is 13.6. The Morgan fingerprint density at radius 1 is 1.08 bits per heavy atom. The van der Waals surface area contributed by atoms with Crippen molar-refractivity contribution in [2.75, 3.05) is 24.5 Å². The minimum absolute atomic E-state index is 0.178. The highest BCUT2D eigenvalue weighted by Gasteiger charge is 2.29. The van der Waals surface area contributed by atoms with Gasteiger partial charge in [0.2, 0.25) is 5.91 Å². The second-order valence-electron chi connectivity index (χ2n) is 8.68. The Bertz CT molecular complexity index is 1330. The third kappa shape index (κ3) is 7.07. The summed E-state index contributed by atoms with van der Waals surface area (Å²) in [7, 11) is -2.82. The van der Waals surface area contributed by atoms with E-state index in [2.05, 4.69) is 5.32 Å². The molecule has 0 aliphatic carbocycles. The first kappa shape index (κ1) is 27.7. The molecule has 1 amide bonds. The number of sulfonamides is 1. The number of hydrogen-bond donors (Lipinski definition) is 1. The van der Waals surface area contributed by atoms with E-state index in [1.54, 1.807) is 12.1 Å². The molecule has 3 aromatic carbocycles. The van der Waals surface area contributed by atoms with Gasteiger partial charge < -0.3 is 10.1 Å². The van der Waals surface area contributed by atoms with Crippen LogP contribution in [-0.2, 0) is 21.2 Å². The predicted molar refractivity (Wildman–Crippen MR) is 142 cm³/mol. The molecule has 1 N–H and O–H groups in total. The molecule has 196 valence electrons. The Morgan fingerprint density at radius 3 is 2.35 bits per heavy atom. The highest BCUT2D eigenvalue weighted by Crippen LogP contribution is 2.29. The van der Waals surface area contributed by atoms with Crippen LogP contribution in [0.2, 0.25) is 0 Å². The Balaban J connectivity index is 1.85. The van der Waals surface area contributed by atoms with Gasteiger partial charge in [-0.05, 0) is 55.2 Å². The molecule has 0 radical (unpaired) electrons. The molecule has 0 aliphatic heterocycles. The van der Waals surface area contributed by atoms with Crippen molar-refractivity contribution in [2.45, 2.75) is 31.6 Å². The summed E-state index contributed by atoms with van der Waals surface area (Å²) in [5, 5.41) is 14.3. The van der Waals surface area contributed by atoms with Crippen LogP contribution in [0.5, 0.6) is 5.75 Å². The maximum Gasteiger partial charge on any atom is 0.273 e. The zero-order chi connectivity index (χ0) is 27.0. The number of rotatable bonds is 12. The number of benzene rings is 3. The van der Waals surface area contributed by atoms with Gasteiger partial charge in [-0.25, -0.2) is 8.42 Å². The maximum absolute atomic E-state index is 13.6. The summed E-state index contributed by atoms with van der Waals surface area (Å²) < 4.78 is 33.4. The van der Waals surface area contributed by atoms with Crippen LogP contribution >= 0.6 is 0 Å². The summed E-state index contributed by atoms with van der Waals surface area (Å²) in [5.74, 6) is 0.216. The average Bonchev–Trinajstić information content (AvgIpc) is 2.90. The van der Waals surface area contributed by atoms with Gasteiger partial charge in [0.05, 0.1) is 22.6 Å². The van der Waals surface area contributed by atoms with E-state index < -0.39 is 27.4 Å². The van der Waals surface area contributed by atoms with E-state index in [1.807, 2.05) is 37.3 Å². The van der Waals surface area contributed by atoms with Crippen molar-refractivity contribution < 1.29 is 22.9 Å². The molecule has 0 aromatic heterocycles. The normalized spacial score (nSPS) is 12.0. The smallest absolute Gasteiger partial charge is 0.273 e. The SMILES string of the molecule is CCC(CNC(=O)CN(c1ccc(OC)cc1)S(=O)(=O)c1ccc(C)c([N+](=O)[O-])c1)Cc1ccccc1. The molecule has 3 rings (SSSR count). The number of anilines is 1. The monoisotopic (exact) mass is 525 g/mol. The Hall–Kier alpha value is -3.92. The number of nitro benzene ring substituents is 1. The van der Waals surface area contributed by atoms with Crippen molar-refractivity contribution in [1.82, 2.24) is 5.32 Å². The fourth-order valence-electron chi connectivity index (χ4n) is 3.89. The number of hydrogen-bond acceptors (Lipinski definition) is 6. The van der Waals surface area contributed by atoms with E-state index in [0.29, 0.717) is 17.9 Å². The van der Waals surface area contributed by atoms with Gasteiger partial charge in [-0.3, -0.25) is 19.2 Å². The molecule has 9 nitrogen and oxygen atoms in total. The molecule has 1 unspecified atom stereocenters. The van der Waals surface area contributed by atoms with Crippen LogP contribution in [0.1, 0.15) is 24.5 Å². The molecule has 37 heavy (non-hydrogen) atoms. The Kier molecular flexibility index (Phi) is 9.24. The molecule has 0 heterocycles. The van der Waals surface area contributed by atoms with E-state index in [4.69, 9.17) is 4.74 Å². The van der Waals surface area contributed by atoms with E-state index >= 15 is 0 Å². The number of carbonyl (C=O) groups is 1. The van der Waals surface area contributed by atoms with Gasteiger partial charge in [-0.2, -0.15) is 0 Å². The van der Waals surface area contributed by atoms with Gasteiger partial charge >= 0.3 is 0 Å². The van der Waals surface area contributed by atoms with Gasteiger partial charge in [-0.1, -0.05) is 49.7 Å². The third-order valence-corrected chi connectivity index (χ3v) is 7.92. The first-order valence-electron chi connectivity index (χ1n) is 11.9. The number of carbonyl (C=O) groups excluding carboxylic acids is 1. The fraction of sp³-hybridized carbons (Fsp3) is 0.296. The molecule has 1 atom stereocenters. The van der Waals surface area contributed by atoms with Crippen molar-refractivity contribution in [3.8, 4) is 5.75 Å². The number of amides is 1. The average molecular weight is 526 g/mol. The summed E-state index contributed by atoms with van der Waals surface area (Å²) in [6.07, 6.45) is 1.62. The van der Waals surface area contributed by atoms with E-state index in [0.717, 1.165) is 28.8 Å². The number of nitrogens with one attached hydrogen (secondary N) is 1. The standard InChI is InChI=1S/C27H31N3O6S/c1-4-21(16-22-8-6-5-7-9-22)18-28-27(31)19-29(23-11-13-24(36-3)14-12-23)37(34,35)25-15-10-20(2)26(17-25)30(32)33/h5-15,17,21H,4,16,18-19H2,1-3H3,(H,28,31). The molecule has 0 saturated carbocycles. The van der Waals surface area contributed by atoms with Gasteiger partial charge in [0, 0.05) is 18.2 Å². The lowest BCUT2D eigenvalue weighted by Crippen LogP contribution is -2.42. The number of aryl methyl sites for hydroxylation is 1. The molecule has 3 aromatic rings. The van der Waals surface area contributed by atoms with Crippen LogP contribution in [0.25, 0.3) is 0 Å². The lowest BCUT2D eigenvalue weighted by Gasteiger charge is -2.25. The number of ether oxygens (including phenoxy) is 1. The number of methoxy groups -OCH3 is 1. The van der Waals surface area contributed by atoms with Crippen molar-refractivity contribution in [2.24, 2.45) is 5.92 Å². The van der Waals surface area contributed by atoms with Crippen molar-refractivity contribution in [3.63, 3.8) is 0 Å². The first-order valence-corrected chi connectivity index (χ1v) is 13.3. The van der Waals surface area contributed by atoms with Gasteiger partial charge in [0.25, 0.3) is 15.7 Å². The van der Waals surface area contributed by atoms with Crippen LogP contribution in [0.3, 0.4) is 0 Å². The second-order valence-corrected chi connectivity index (χ2v) is 10.5. The second kappa shape index (κ2) is 12.4. The van der Waals surface area contributed by atoms with Gasteiger partial charge in [0.15, 0.2) is 0 Å². The number of nitrogens with zero attached hydrogens (tertiary/aromatic N) is 2. The highest BCUT2D eigenvalue weighted by atomic mass is 32.2. The third-order valence-electron chi connectivity index (χ3n) is 6.15. The van der Waals surface area contributed by atoms with E-state index in [1.165, 1.54) is 38.3 Å². The summed E-state index contributed by atoms with van der Waals surface area (Å²) in [6.45, 7) is 3.47. The lowest BCUT2D eigenvalue weighted by atomic mass is 9.97. The molecule has 10 heteroatoms. The summed E-state index contributed by atoms with van der Waals surface area (Å²) in [6, 6.07) is 19.9. The fourth-order valence-corrected chi connectivity index (χ4v) is 5.33. The van der Waals surface area contributed by atoms with Crippen LogP contribution in [0.15, 0.2) is 77.7 Å². The summed E-state index contributed by atoms with van der Waals surface area (Å²) in [4.78, 5) is 23.5. The number of nitro groups is 1. The minimum Gasteiger partial charge on any atom is -0.497 e.